The minimum absolute atomic E-state index is 0.182. The molecular weight excluding hydrogens is 285 g/mol. The zero-order valence-corrected chi connectivity index (χ0v) is 11.5. The zero-order chi connectivity index (χ0) is 12.5. The zero-order valence-electron chi connectivity index (χ0n) is 9.92. The maximum absolute atomic E-state index is 13.6. The first kappa shape index (κ1) is 13.0. The van der Waals surface area contributed by atoms with Crippen LogP contribution in [0.5, 0.6) is 0 Å². The number of rotatable bonds is 2. The van der Waals surface area contributed by atoms with Crippen LogP contribution in [0.1, 0.15) is 25.3 Å². The Morgan fingerprint density at radius 1 is 1.53 bits per heavy atom. The molecule has 0 saturated carbocycles. The summed E-state index contributed by atoms with van der Waals surface area (Å²) in [6, 6.07) is 4.98. The summed E-state index contributed by atoms with van der Waals surface area (Å²) in [5.41, 5.74) is 0.0397. The first-order valence-electron chi connectivity index (χ1n) is 5.85. The first-order chi connectivity index (χ1) is 7.96. The van der Waals surface area contributed by atoms with Gasteiger partial charge in [0.2, 0.25) is 0 Å². The molecule has 2 rings (SSSR count). The van der Waals surface area contributed by atoms with Crippen LogP contribution in [-0.2, 0) is 6.54 Å². The monoisotopic (exact) mass is 301 g/mol. The topological polar surface area (TPSA) is 23.5 Å². The number of hydrogen-bond acceptors (Lipinski definition) is 2. The van der Waals surface area contributed by atoms with Crippen molar-refractivity contribution in [2.24, 2.45) is 0 Å². The van der Waals surface area contributed by atoms with Crippen LogP contribution in [0.25, 0.3) is 0 Å². The second kappa shape index (κ2) is 5.04. The molecule has 2 nitrogen and oxygen atoms in total. The van der Waals surface area contributed by atoms with Crippen LogP contribution in [0, 0.1) is 5.82 Å². The predicted octanol–water partition coefficient (Wildman–Crippen LogP) is 2.94. The van der Waals surface area contributed by atoms with Gasteiger partial charge in [0.05, 0.1) is 5.60 Å². The van der Waals surface area contributed by atoms with E-state index in [0.717, 1.165) is 23.9 Å². The molecule has 1 saturated heterocycles. The van der Waals surface area contributed by atoms with Gasteiger partial charge in [0.25, 0.3) is 0 Å². The highest BCUT2D eigenvalue weighted by Gasteiger charge is 2.28. The van der Waals surface area contributed by atoms with Crippen molar-refractivity contribution in [3.63, 3.8) is 0 Å². The quantitative estimate of drug-likeness (QED) is 0.908. The van der Waals surface area contributed by atoms with Crippen LogP contribution in [0.2, 0.25) is 0 Å². The van der Waals surface area contributed by atoms with E-state index in [0.29, 0.717) is 18.7 Å². The molecule has 17 heavy (non-hydrogen) atoms. The molecule has 1 unspecified atom stereocenters. The molecule has 0 aliphatic carbocycles. The Hall–Kier alpha value is -0.450. The highest BCUT2D eigenvalue weighted by molar-refractivity contribution is 9.10. The summed E-state index contributed by atoms with van der Waals surface area (Å²) in [6.45, 7) is 3.93. The lowest BCUT2D eigenvalue weighted by atomic mass is 9.95. The minimum Gasteiger partial charge on any atom is -0.389 e. The normalized spacial score (nSPS) is 26.1. The fourth-order valence-electron chi connectivity index (χ4n) is 2.36. The van der Waals surface area contributed by atoms with Crippen molar-refractivity contribution in [3.05, 3.63) is 34.1 Å². The van der Waals surface area contributed by atoms with Crippen molar-refractivity contribution >= 4 is 15.9 Å². The van der Waals surface area contributed by atoms with Crippen LogP contribution in [-0.4, -0.2) is 28.7 Å². The number of piperidine rings is 1. The molecule has 94 valence electrons. The molecule has 0 bridgehead atoms. The molecular formula is C13H17BrFNO. The molecule has 0 aromatic heterocycles. The summed E-state index contributed by atoms with van der Waals surface area (Å²) in [5, 5.41) is 10.0. The summed E-state index contributed by atoms with van der Waals surface area (Å²) < 4.78 is 14.5. The summed E-state index contributed by atoms with van der Waals surface area (Å²) in [4.78, 5) is 2.11. The van der Waals surface area contributed by atoms with Gasteiger partial charge < -0.3 is 5.11 Å². The van der Waals surface area contributed by atoms with Crippen LogP contribution < -0.4 is 0 Å². The summed E-state index contributed by atoms with van der Waals surface area (Å²) in [7, 11) is 0. The van der Waals surface area contributed by atoms with Gasteiger partial charge >= 0.3 is 0 Å². The summed E-state index contributed by atoms with van der Waals surface area (Å²) >= 11 is 3.35. The minimum atomic E-state index is -0.638. The van der Waals surface area contributed by atoms with Gasteiger partial charge in [-0.05, 0) is 44.5 Å². The molecule has 1 aromatic carbocycles. The van der Waals surface area contributed by atoms with Gasteiger partial charge in [0, 0.05) is 23.1 Å². The molecule has 1 aliphatic heterocycles. The fourth-order valence-corrected chi connectivity index (χ4v) is 2.77. The standard InChI is InChI=1S/C13H17BrFNO/c1-13(17)5-2-6-16(9-13)8-10-7-11(14)3-4-12(10)15/h3-4,7,17H,2,5-6,8-9H2,1H3. The van der Waals surface area contributed by atoms with E-state index < -0.39 is 5.60 Å². The Labute approximate surface area is 110 Å². The van der Waals surface area contributed by atoms with E-state index in [1.165, 1.54) is 6.07 Å². The molecule has 1 aliphatic rings. The predicted molar refractivity (Wildman–Crippen MR) is 69.2 cm³/mol. The molecule has 0 spiro atoms. The van der Waals surface area contributed by atoms with Gasteiger partial charge in [-0.15, -0.1) is 0 Å². The van der Waals surface area contributed by atoms with E-state index in [1.807, 2.05) is 6.92 Å². The van der Waals surface area contributed by atoms with E-state index in [9.17, 15) is 9.50 Å². The van der Waals surface area contributed by atoms with Crippen molar-refractivity contribution in [1.29, 1.82) is 0 Å². The molecule has 1 fully saturated rings. The maximum atomic E-state index is 13.6. The third-order valence-electron chi connectivity index (χ3n) is 3.16. The Morgan fingerprint density at radius 3 is 3.00 bits per heavy atom. The highest BCUT2D eigenvalue weighted by atomic mass is 79.9. The maximum Gasteiger partial charge on any atom is 0.127 e. The van der Waals surface area contributed by atoms with Crippen molar-refractivity contribution in [1.82, 2.24) is 4.90 Å². The fraction of sp³-hybridized carbons (Fsp3) is 0.538. The Bertz CT molecular complexity index is 408. The molecule has 1 atom stereocenters. The second-order valence-electron chi connectivity index (χ2n) is 5.05. The highest BCUT2D eigenvalue weighted by Crippen LogP contribution is 2.23. The van der Waals surface area contributed by atoms with Gasteiger partial charge in [0.15, 0.2) is 0 Å². The van der Waals surface area contributed by atoms with E-state index in [2.05, 4.69) is 20.8 Å². The van der Waals surface area contributed by atoms with Crippen LogP contribution in [0.4, 0.5) is 4.39 Å². The van der Waals surface area contributed by atoms with Crippen LogP contribution in [0.3, 0.4) is 0 Å². The van der Waals surface area contributed by atoms with E-state index in [1.54, 1.807) is 12.1 Å². The number of nitrogens with zero attached hydrogens (tertiary/aromatic N) is 1. The SMILES string of the molecule is CC1(O)CCCN(Cc2cc(Br)ccc2F)C1. The third-order valence-corrected chi connectivity index (χ3v) is 3.65. The Kier molecular flexibility index (Phi) is 3.85. The number of β-amino-alcohol motifs (C(OH)–C–C–N with tert-alkyl or cyclic N) is 1. The van der Waals surface area contributed by atoms with E-state index >= 15 is 0 Å². The number of benzene rings is 1. The van der Waals surface area contributed by atoms with Crippen LogP contribution in [0.15, 0.2) is 22.7 Å². The van der Waals surface area contributed by atoms with Crippen molar-refractivity contribution in [2.75, 3.05) is 13.1 Å². The number of halogens is 2. The van der Waals surface area contributed by atoms with Gasteiger partial charge in [0.1, 0.15) is 5.82 Å². The van der Waals surface area contributed by atoms with E-state index in [-0.39, 0.29) is 5.82 Å². The van der Waals surface area contributed by atoms with Crippen molar-refractivity contribution < 1.29 is 9.50 Å². The largest absolute Gasteiger partial charge is 0.389 e. The summed E-state index contributed by atoms with van der Waals surface area (Å²) in [5.74, 6) is -0.182. The van der Waals surface area contributed by atoms with Crippen LogP contribution >= 0.6 is 15.9 Å². The molecule has 1 heterocycles. The van der Waals surface area contributed by atoms with E-state index in [4.69, 9.17) is 0 Å². The average molecular weight is 302 g/mol. The molecule has 0 amide bonds. The van der Waals surface area contributed by atoms with Crippen molar-refractivity contribution in [3.8, 4) is 0 Å². The lowest BCUT2D eigenvalue weighted by molar-refractivity contribution is -0.0184. The summed E-state index contributed by atoms with van der Waals surface area (Å²) in [6.07, 6.45) is 1.78. The second-order valence-corrected chi connectivity index (χ2v) is 5.96. The lowest BCUT2D eigenvalue weighted by Crippen LogP contribution is -2.45. The molecule has 1 aromatic rings. The van der Waals surface area contributed by atoms with Crippen molar-refractivity contribution in [2.45, 2.75) is 31.9 Å². The average Bonchev–Trinajstić information content (AvgIpc) is 2.22. The third kappa shape index (κ3) is 3.50. The number of aliphatic hydroxyl groups is 1. The Morgan fingerprint density at radius 2 is 2.29 bits per heavy atom. The molecule has 1 N–H and O–H groups in total. The van der Waals surface area contributed by atoms with Gasteiger partial charge in [-0.25, -0.2) is 4.39 Å². The van der Waals surface area contributed by atoms with Gasteiger partial charge in [-0.1, -0.05) is 15.9 Å². The van der Waals surface area contributed by atoms with Gasteiger partial charge in [-0.2, -0.15) is 0 Å². The smallest absolute Gasteiger partial charge is 0.127 e. The lowest BCUT2D eigenvalue weighted by Gasteiger charge is -2.36. The Balaban J connectivity index is 2.07. The first-order valence-corrected chi connectivity index (χ1v) is 6.64. The molecule has 4 heteroatoms. The van der Waals surface area contributed by atoms with Gasteiger partial charge in [-0.3, -0.25) is 4.90 Å². The number of hydrogen-bond donors (Lipinski definition) is 1. The molecule has 0 radical (unpaired) electrons. The number of likely N-dealkylation sites (tertiary alicyclic amines) is 1.